The molecule has 2 aliphatic rings. The first kappa shape index (κ1) is 72.4. The summed E-state index contributed by atoms with van der Waals surface area (Å²) in [7, 11) is 8.49. The van der Waals surface area contributed by atoms with Crippen LogP contribution in [0.25, 0.3) is 0 Å². The first-order valence-electron chi connectivity index (χ1n) is 30.2. The van der Waals surface area contributed by atoms with E-state index in [4.69, 9.17) is 9.47 Å². The number of halogens is 1. The number of nitrogens with zero attached hydrogens (tertiary/aromatic N) is 6. The first-order chi connectivity index (χ1) is 40.8. The summed E-state index contributed by atoms with van der Waals surface area (Å²) in [6.07, 6.45) is -0.155. The summed E-state index contributed by atoms with van der Waals surface area (Å²) < 4.78 is 12.0. The molecule has 23 nitrogen and oxygen atoms in total. The number of rotatable bonds is 13. The van der Waals surface area contributed by atoms with E-state index in [0.29, 0.717) is 42.7 Å². The summed E-state index contributed by atoms with van der Waals surface area (Å²) in [5.74, 6) is -10.2. The molecule has 2 aromatic rings. The van der Waals surface area contributed by atoms with Crippen molar-refractivity contribution in [3.05, 3.63) is 58.6 Å². The van der Waals surface area contributed by atoms with Gasteiger partial charge in [0.1, 0.15) is 54.1 Å². The van der Waals surface area contributed by atoms with Crippen molar-refractivity contribution in [1.82, 2.24) is 45.3 Å². The highest BCUT2D eigenvalue weighted by Crippen LogP contribution is 2.27. The quantitative estimate of drug-likeness (QED) is 0.199. The summed E-state index contributed by atoms with van der Waals surface area (Å²) in [6, 6.07) is 3.15. The van der Waals surface area contributed by atoms with E-state index in [1.54, 1.807) is 104 Å². The average molecular weight is 1280 g/mol. The number of fused-ring (bicyclic) bond motifs is 1. The third-order valence-corrected chi connectivity index (χ3v) is 17.5. The Morgan fingerprint density at radius 3 is 1.72 bits per heavy atom. The molecule has 4 rings (SSSR count). The summed E-state index contributed by atoms with van der Waals surface area (Å²) in [5, 5.41) is 11.1. The van der Waals surface area contributed by atoms with Gasteiger partial charge in [0, 0.05) is 58.4 Å². The van der Waals surface area contributed by atoms with Crippen LogP contribution in [-0.4, -0.2) is 204 Å². The fourth-order valence-electron chi connectivity index (χ4n) is 11.4. The number of methoxy groups -OCH3 is 1. The second-order valence-electron chi connectivity index (χ2n) is 24.3. The molecule has 0 aliphatic carbocycles. The van der Waals surface area contributed by atoms with E-state index >= 15 is 14.4 Å². The number of esters is 1. The van der Waals surface area contributed by atoms with Crippen molar-refractivity contribution in [3.63, 3.8) is 0 Å². The molecule has 0 aromatic heterocycles. The molecule has 2 heterocycles. The molecule has 4 N–H and O–H groups in total. The smallest absolute Gasteiger partial charge is 0.329 e. The number of hydrogen-bond donors (Lipinski definition) is 4. The van der Waals surface area contributed by atoms with Crippen molar-refractivity contribution in [2.24, 2.45) is 29.6 Å². The van der Waals surface area contributed by atoms with Crippen molar-refractivity contribution in [1.29, 1.82) is 0 Å². The molecule has 0 spiro atoms. The highest BCUT2D eigenvalue weighted by atomic mass is 79.9. The number of cyclic esters (lactones) is 1. The molecule has 2 aliphatic heterocycles. The predicted molar refractivity (Wildman–Crippen MR) is 332 cm³/mol. The molecule has 0 bridgehead atoms. The van der Waals surface area contributed by atoms with E-state index < -0.39 is 162 Å². The van der Waals surface area contributed by atoms with Gasteiger partial charge < -0.3 is 60.1 Å². The largest absolute Gasteiger partial charge is 0.497 e. The fraction of sp³-hybridized carbons (Fsp3) is 0.635. The summed E-state index contributed by atoms with van der Waals surface area (Å²) >= 11 is 3.39. The number of anilines is 1. The van der Waals surface area contributed by atoms with Crippen LogP contribution >= 0.6 is 15.9 Å². The van der Waals surface area contributed by atoms with E-state index in [-0.39, 0.29) is 19.4 Å². The number of amides is 10. The van der Waals surface area contributed by atoms with Gasteiger partial charge in [-0.3, -0.25) is 47.9 Å². The van der Waals surface area contributed by atoms with Crippen LogP contribution in [0.15, 0.2) is 53.0 Å². The highest BCUT2D eigenvalue weighted by Gasteiger charge is 2.46. The first-order valence-corrected chi connectivity index (χ1v) is 31.0. The van der Waals surface area contributed by atoms with Crippen LogP contribution in [0.5, 0.6) is 5.75 Å². The van der Waals surface area contributed by atoms with Gasteiger partial charge in [0.2, 0.25) is 53.2 Å². The summed E-state index contributed by atoms with van der Waals surface area (Å²) in [4.78, 5) is 169. The van der Waals surface area contributed by atoms with Crippen LogP contribution in [0.1, 0.15) is 120 Å². The van der Waals surface area contributed by atoms with Gasteiger partial charge in [-0.05, 0) is 97.7 Å². The molecule has 0 radical (unpaired) electrons. The van der Waals surface area contributed by atoms with Crippen molar-refractivity contribution < 1.29 is 62.2 Å². The highest BCUT2D eigenvalue weighted by molar-refractivity contribution is 9.10. The molecule has 11 atom stereocenters. The zero-order chi connectivity index (χ0) is 65.5. The molecule has 0 saturated carbocycles. The zero-order valence-corrected chi connectivity index (χ0v) is 55.5. The van der Waals surface area contributed by atoms with Gasteiger partial charge in [-0.15, -0.1) is 0 Å². The minimum absolute atomic E-state index is 0.111. The Morgan fingerprint density at radius 1 is 0.632 bits per heavy atom. The zero-order valence-electron chi connectivity index (χ0n) is 53.9. The van der Waals surface area contributed by atoms with Crippen molar-refractivity contribution in [3.8, 4) is 5.75 Å². The van der Waals surface area contributed by atoms with Gasteiger partial charge >= 0.3 is 5.97 Å². The van der Waals surface area contributed by atoms with Crippen LogP contribution in [0.3, 0.4) is 0 Å². The van der Waals surface area contributed by atoms with E-state index in [9.17, 15) is 38.4 Å². The van der Waals surface area contributed by atoms with Crippen molar-refractivity contribution >= 4 is 86.7 Å². The number of likely N-dealkylation sites (N-methyl/N-ethyl adjacent to an activating group) is 5. The molecule has 24 heteroatoms. The topological polar surface area (TPSA) is 274 Å². The van der Waals surface area contributed by atoms with Crippen LogP contribution in [-0.2, 0) is 63.9 Å². The third-order valence-electron chi connectivity index (χ3n) is 17.0. The third kappa shape index (κ3) is 18.5. The Morgan fingerprint density at radius 2 is 1.17 bits per heavy atom. The maximum absolute atomic E-state index is 15.4. The van der Waals surface area contributed by atoms with Crippen LogP contribution in [0.4, 0.5) is 5.69 Å². The Labute approximate surface area is 522 Å². The van der Waals surface area contributed by atoms with Crippen LogP contribution in [0, 0.1) is 29.6 Å². The maximum Gasteiger partial charge on any atom is 0.329 e. The van der Waals surface area contributed by atoms with Crippen molar-refractivity contribution in [2.75, 3.05) is 60.8 Å². The second-order valence-corrected chi connectivity index (χ2v) is 25.2. The Hall–Kier alpha value is -7.11. The molecule has 10 amide bonds. The van der Waals surface area contributed by atoms with E-state index in [0.717, 1.165) is 14.3 Å². The lowest BCUT2D eigenvalue weighted by Gasteiger charge is -2.41. The number of benzene rings is 2. The lowest BCUT2D eigenvalue weighted by Crippen LogP contribution is -2.63. The second kappa shape index (κ2) is 32.7. The number of carbonyl (C=O) groups excluding carboxylic acids is 11. The van der Waals surface area contributed by atoms with Gasteiger partial charge in [0.15, 0.2) is 6.10 Å². The molecule has 2 fully saturated rings. The van der Waals surface area contributed by atoms with Gasteiger partial charge in [-0.25, -0.2) is 4.79 Å². The molecular weight excluding hydrogens is 1180 g/mol. The lowest BCUT2D eigenvalue weighted by molar-refractivity contribution is -0.165. The number of carbonyl (C=O) groups is 11. The Bertz CT molecular complexity index is 2760. The van der Waals surface area contributed by atoms with Gasteiger partial charge in [0.25, 0.3) is 5.91 Å². The van der Waals surface area contributed by atoms with Gasteiger partial charge in [-0.2, -0.15) is 0 Å². The van der Waals surface area contributed by atoms with E-state index in [2.05, 4.69) is 37.2 Å². The lowest BCUT2D eigenvalue weighted by atomic mass is 9.92. The van der Waals surface area contributed by atoms with Gasteiger partial charge in [0.05, 0.1) is 20.1 Å². The SMILES string of the molecule is CC[C@H](C)[C@H]1C(=O)NCC(=O)N(C)[C@@H](C(C)C)C(=O)N[C@@H](Cc2ccc(OC)cc2)C(=O)O[C@H](C)C(=O)N2CCCC[C@H]2C(=O)N(C)[C@@H](C(C)C)C(=O)N[C@@H](C(C)C)C(=O)N(C)[C@@H](CC(=O)Nc2ccc(Br)cc2)C(=O)N(C)[C@@H]([C@@H](C)CC)C(=O)N1C. The predicted octanol–water partition coefficient (Wildman–Crippen LogP) is 4.64. The molecule has 0 unspecified atom stereocenters. The molecule has 87 heavy (non-hydrogen) atoms. The maximum atomic E-state index is 15.4. The van der Waals surface area contributed by atoms with E-state index in [1.165, 1.54) is 68.9 Å². The monoisotopic (exact) mass is 1280 g/mol. The Balaban J connectivity index is 1.91. The minimum Gasteiger partial charge on any atom is -0.497 e. The summed E-state index contributed by atoms with van der Waals surface area (Å²) in [5.41, 5.74) is 0.981. The Kier molecular flexibility index (Phi) is 27.2. The number of nitrogens with one attached hydrogen (secondary N) is 4. The number of piperidine rings is 1. The molecule has 2 aromatic carbocycles. The van der Waals surface area contributed by atoms with Crippen LogP contribution in [0.2, 0.25) is 0 Å². The van der Waals surface area contributed by atoms with E-state index in [1.807, 2.05) is 13.8 Å². The van der Waals surface area contributed by atoms with Crippen LogP contribution < -0.4 is 26.0 Å². The normalized spacial score (nSPS) is 25.5. The number of hydrogen-bond acceptors (Lipinski definition) is 13. The summed E-state index contributed by atoms with van der Waals surface area (Å²) in [6.45, 7) is 18.3. The fourth-order valence-corrected chi connectivity index (χ4v) is 11.7. The number of ether oxygens (including phenoxy) is 2. The molecule has 2 saturated heterocycles. The average Bonchev–Trinajstić information content (AvgIpc) is 3.04. The molecular formula is C63H95BrN10O13. The minimum atomic E-state index is -1.57. The standard InChI is InChI=1S/C63H95BrN10O13/c1-18-38(9)53-55(77)65-34-49(76)70(13)51(36(5)6)56(78)67-45(32-41-23-29-44(86-17)30-24-41)63(85)87-40(11)58(80)74-31-21-20-22-46(74)59(81)71(14)52(37(7)8)57(79)68-50(35(3)4)61(83)69(12)47(33-48(75)66-43-27-25-42(64)26-28-43)60(82)73(16)54(39(10)19-2)62(84)72(53)15/h23-30,35-40,45-47,50-54H,18-22,31-34H2,1-17H3,(H,65,77)(H,66,75)(H,67,78)(H,68,79)/t38-,39-,40+,45-,46-,47-,50-,51-,52-,53-,54-/m0/s1. The van der Waals surface area contributed by atoms with Crippen molar-refractivity contribution in [2.45, 2.75) is 176 Å². The molecule has 482 valence electrons. The van der Waals surface area contributed by atoms with Gasteiger partial charge in [-0.1, -0.05) is 110 Å².